The molecular formula is C46H54N8O8. The summed E-state index contributed by atoms with van der Waals surface area (Å²) in [6, 6.07) is 20.9. The zero-order valence-corrected chi connectivity index (χ0v) is 35.5. The fourth-order valence-electron chi connectivity index (χ4n) is 8.72. The average Bonchev–Trinajstić information content (AvgIpc) is 4.14. The van der Waals surface area contributed by atoms with Crippen molar-refractivity contribution in [3.63, 3.8) is 0 Å². The minimum Gasteiger partial charge on any atom is -0.453 e. The van der Waals surface area contributed by atoms with Gasteiger partial charge in [0.1, 0.15) is 30.0 Å². The Morgan fingerprint density at radius 1 is 0.677 bits per heavy atom. The number of nitrogens with zero attached hydrogens (tertiary/aromatic N) is 4. The SMILES string of the molecule is COC(=O)NC(C(=O)N1CCCC1C(=O)N1CCCC1C(=O)Nc1ccc(-c2ccc(-c3cnc(C4CCCN4C(=O)[C@@H](NC(=O)OC)C(C)C)[nH]3)cc2)cc1)c1ccccc1. The predicted molar refractivity (Wildman–Crippen MR) is 230 cm³/mol. The van der Waals surface area contributed by atoms with Gasteiger partial charge >= 0.3 is 12.2 Å². The number of alkyl carbamates (subject to hydrolysis) is 2. The molecule has 3 fully saturated rings. The summed E-state index contributed by atoms with van der Waals surface area (Å²) in [6.07, 6.45) is 4.18. The highest BCUT2D eigenvalue weighted by Gasteiger charge is 2.44. The Bertz CT molecular complexity index is 2250. The number of hydrogen-bond acceptors (Lipinski definition) is 9. The summed E-state index contributed by atoms with van der Waals surface area (Å²) in [5.74, 6) is -0.571. The summed E-state index contributed by atoms with van der Waals surface area (Å²) < 4.78 is 9.54. The molecule has 0 radical (unpaired) electrons. The van der Waals surface area contributed by atoms with Gasteiger partial charge in [-0.05, 0) is 78.8 Å². The molecule has 4 heterocycles. The van der Waals surface area contributed by atoms with Crippen LogP contribution in [0.25, 0.3) is 22.4 Å². The molecule has 0 saturated carbocycles. The van der Waals surface area contributed by atoms with Gasteiger partial charge in [0.25, 0.3) is 5.91 Å². The minimum atomic E-state index is -1.03. The maximum absolute atomic E-state index is 14.1. The number of H-pyrrole nitrogens is 1. The van der Waals surface area contributed by atoms with Gasteiger partial charge in [-0.15, -0.1) is 0 Å². The molecule has 3 aromatic carbocycles. The Morgan fingerprint density at radius 3 is 1.92 bits per heavy atom. The Hall–Kier alpha value is -6.71. The molecule has 326 valence electrons. The second kappa shape index (κ2) is 19.3. The van der Waals surface area contributed by atoms with Crippen molar-refractivity contribution in [2.75, 3.05) is 39.2 Å². The van der Waals surface area contributed by atoms with E-state index in [4.69, 9.17) is 9.47 Å². The van der Waals surface area contributed by atoms with Gasteiger partial charge in [0, 0.05) is 25.3 Å². The smallest absolute Gasteiger partial charge is 0.407 e. The van der Waals surface area contributed by atoms with Crippen molar-refractivity contribution in [2.24, 2.45) is 5.92 Å². The summed E-state index contributed by atoms with van der Waals surface area (Å²) in [5.41, 5.74) is 4.82. The number of benzene rings is 3. The highest BCUT2D eigenvalue weighted by atomic mass is 16.5. The number of ether oxygens (including phenoxy) is 2. The molecule has 1 aromatic heterocycles. The minimum absolute atomic E-state index is 0.126. The first-order valence-electron chi connectivity index (χ1n) is 21.2. The largest absolute Gasteiger partial charge is 0.453 e. The third kappa shape index (κ3) is 9.43. The molecule has 16 nitrogen and oxygen atoms in total. The maximum atomic E-state index is 14.1. The first-order chi connectivity index (χ1) is 30.0. The first kappa shape index (κ1) is 43.4. The summed E-state index contributed by atoms with van der Waals surface area (Å²) in [5, 5.41) is 8.30. The van der Waals surface area contributed by atoms with Crippen LogP contribution in [0.3, 0.4) is 0 Å². The lowest BCUT2D eigenvalue weighted by Crippen LogP contribution is -2.53. The summed E-state index contributed by atoms with van der Waals surface area (Å²) in [7, 11) is 2.50. The molecule has 4 aromatic rings. The normalized spacial score (nSPS) is 19.5. The Morgan fingerprint density at radius 2 is 1.26 bits per heavy atom. The molecule has 4 unspecified atom stereocenters. The van der Waals surface area contributed by atoms with E-state index in [1.807, 2.05) is 68.4 Å². The van der Waals surface area contributed by atoms with Crippen LogP contribution in [0.4, 0.5) is 15.3 Å². The number of rotatable bonds is 12. The number of aromatic nitrogens is 2. The van der Waals surface area contributed by atoms with Crippen LogP contribution in [-0.4, -0.2) is 112 Å². The van der Waals surface area contributed by atoms with Crippen molar-refractivity contribution in [2.45, 2.75) is 82.6 Å². The van der Waals surface area contributed by atoms with Gasteiger partial charge in [0.15, 0.2) is 0 Å². The van der Waals surface area contributed by atoms with Gasteiger partial charge in [0.2, 0.25) is 17.7 Å². The first-order valence-corrected chi connectivity index (χ1v) is 21.2. The standard InChI is InChI=1S/C46H54N8O8/c1-28(2)38(50-45(59)61-3)43(57)52-24-8-13-35(52)40-47-27-34(49-40)31-18-16-29(17-19-31)30-20-22-33(23-21-30)48-41(55)36-14-9-25-53(36)42(56)37-15-10-26-54(37)44(58)39(51-46(60)62-4)32-11-6-5-7-12-32/h5-7,11-12,16-23,27-28,35-39H,8-10,13-15,24-26H2,1-4H3,(H,47,49)(H,48,55)(H,50,59)(H,51,60)/t35?,36?,37?,38-,39?/m0/s1. The second-order valence-corrected chi connectivity index (χ2v) is 16.2. The second-order valence-electron chi connectivity index (χ2n) is 16.2. The lowest BCUT2D eigenvalue weighted by atomic mass is 10.0. The van der Waals surface area contributed by atoms with Crippen molar-refractivity contribution in [3.8, 4) is 22.4 Å². The molecule has 3 aliphatic rings. The van der Waals surface area contributed by atoms with E-state index in [2.05, 4.69) is 25.9 Å². The summed E-state index contributed by atoms with van der Waals surface area (Å²) >= 11 is 0. The number of aromatic amines is 1. The van der Waals surface area contributed by atoms with Crippen LogP contribution in [0.15, 0.2) is 85.1 Å². The topological polar surface area (TPSA) is 195 Å². The molecule has 0 aliphatic carbocycles. The fraction of sp³-hybridized carbons (Fsp3) is 0.413. The average molecular weight is 847 g/mol. The highest BCUT2D eigenvalue weighted by Crippen LogP contribution is 2.34. The number of nitrogens with one attached hydrogen (secondary N) is 4. The van der Waals surface area contributed by atoms with Crippen molar-refractivity contribution >= 4 is 41.5 Å². The third-order valence-corrected chi connectivity index (χ3v) is 12.0. The van der Waals surface area contributed by atoms with Crippen LogP contribution in [0.1, 0.15) is 75.8 Å². The van der Waals surface area contributed by atoms with Gasteiger partial charge in [0.05, 0.1) is 32.2 Å². The molecule has 7 rings (SSSR count). The predicted octanol–water partition coefficient (Wildman–Crippen LogP) is 5.81. The molecule has 6 amide bonds. The van der Waals surface area contributed by atoms with Gasteiger partial charge in [-0.3, -0.25) is 19.2 Å². The number of carbonyl (C=O) groups excluding carboxylic acids is 6. The van der Waals surface area contributed by atoms with Gasteiger partial charge in [-0.2, -0.15) is 0 Å². The van der Waals surface area contributed by atoms with E-state index in [1.54, 1.807) is 40.3 Å². The molecule has 62 heavy (non-hydrogen) atoms. The molecule has 16 heteroatoms. The van der Waals surface area contributed by atoms with Gasteiger partial charge < -0.3 is 45.1 Å². The number of methoxy groups -OCH3 is 2. The number of hydrogen-bond donors (Lipinski definition) is 4. The van der Waals surface area contributed by atoms with E-state index in [9.17, 15) is 28.8 Å². The van der Waals surface area contributed by atoms with Crippen LogP contribution < -0.4 is 16.0 Å². The molecule has 5 atom stereocenters. The summed E-state index contributed by atoms with van der Waals surface area (Å²) in [6.45, 7) is 5.10. The van der Waals surface area contributed by atoms with Crippen LogP contribution in [-0.2, 0) is 28.7 Å². The van der Waals surface area contributed by atoms with E-state index in [0.717, 1.165) is 35.2 Å². The van der Waals surface area contributed by atoms with E-state index < -0.39 is 42.3 Å². The van der Waals surface area contributed by atoms with Crippen molar-refractivity contribution < 1.29 is 38.2 Å². The molecule has 4 N–H and O–H groups in total. The van der Waals surface area contributed by atoms with Gasteiger partial charge in [-0.25, -0.2) is 14.6 Å². The van der Waals surface area contributed by atoms with Crippen molar-refractivity contribution in [1.29, 1.82) is 0 Å². The third-order valence-electron chi connectivity index (χ3n) is 12.0. The Labute approximate surface area is 360 Å². The number of amides is 6. The van der Waals surface area contributed by atoms with E-state index in [0.29, 0.717) is 62.4 Å². The van der Waals surface area contributed by atoms with E-state index in [1.165, 1.54) is 19.1 Å². The lowest BCUT2D eigenvalue weighted by molar-refractivity contribution is -0.146. The quantitative estimate of drug-likeness (QED) is 0.136. The molecular weight excluding hydrogens is 793 g/mol. The highest BCUT2D eigenvalue weighted by molar-refractivity contribution is 5.99. The molecule has 0 spiro atoms. The van der Waals surface area contributed by atoms with Crippen LogP contribution >= 0.6 is 0 Å². The Balaban J connectivity index is 0.964. The number of anilines is 1. The fourth-order valence-corrected chi connectivity index (χ4v) is 8.72. The van der Waals surface area contributed by atoms with E-state index >= 15 is 0 Å². The van der Waals surface area contributed by atoms with Crippen LogP contribution in [0, 0.1) is 5.92 Å². The van der Waals surface area contributed by atoms with Crippen LogP contribution in [0.2, 0.25) is 0 Å². The van der Waals surface area contributed by atoms with E-state index in [-0.39, 0.29) is 29.7 Å². The molecule has 0 bridgehead atoms. The maximum Gasteiger partial charge on any atom is 0.407 e. The van der Waals surface area contributed by atoms with Gasteiger partial charge in [-0.1, -0.05) is 80.6 Å². The lowest BCUT2D eigenvalue weighted by Gasteiger charge is -2.33. The monoisotopic (exact) mass is 846 g/mol. The molecule has 3 saturated heterocycles. The van der Waals surface area contributed by atoms with Crippen molar-refractivity contribution in [3.05, 3.63) is 96.4 Å². The summed E-state index contributed by atoms with van der Waals surface area (Å²) in [4.78, 5) is 92.4. The number of likely N-dealkylation sites (tertiary alicyclic amines) is 3. The zero-order chi connectivity index (χ0) is 43.9. The zero-order valence-electron chi connectivity index (χ0n) is 35.5. The van der Waals surface area contributed by atoms with Crippen LogP contribution in [0.5, 0.6) is 0 Å². The number of carbonyl (C=O) groups is 6. The Kier molecular flexibility index (Phi) is 13.5. The number of imidazole rings is 1. The van der Waals surface area contributed by atoms with Crippen molar-refractivity contribution in [1.82, 2.24) is 35.3 Å². The molecule has 3 aliphatic heterocycles.